The van der Waals surface area contributed by atoms with Gasteiger partial charge in [-0.2, -0.15) is 11.3 Å². The van der Waals surface area contributed by atoms with Crippen molar-refractivity contribution in [2.45, 2.75) is 0 Å². The standard InChI is InChI=1S/C12H12N2S/c1-13-12(10-7-8-15-9-10)14-11-5-3-2-4-6-11/h2-9H,1H3,(H,13,14). The van der Waals surface area contributed by atoms with Crippen LogP contribution in [0.15, 0.2) is 52.2 Å². The number of benzene rings is 1. The molecule has 1 N–H and O–H groups in total. The molecule has 0 saturated heterocycles. The summed E-state index contributed by atoms with van der Waals surface area (Å²) in [4.78, 5) is 4.24. The first kappa shape index (κ1) is 9.93. The van der Waals surface area contributed by atoms with Crippen molar-refractivity contribution in [1.29, 1.82) is 0 Å². The minimum absolute atomic E-state index is 0.905. The number of hydrogen-bond donors (Lipinski definition) is 1. The van der Waals surface area contributed by atoms with Gasteiger partial charge in [-0.05, 0) is 23.6 Å². The molecular formula is C12H12N2S. The van der Waals surface area contributed by atoms with Crippen molar-refractivity contribution in [3.05, 3.63) is 52.7 Å². The van der Waals surface area contributed by atoms with Gasteiger partial charge in [0, 0.05) is 23.7 Å². The highest BCUT2D eigenvalue weighted by Crippen LogP contribution is 2.11. The van der Waals surface area contributed by atoms with Crippen molar-refractivity contribution in [3.8, 4) is 0 Å². The molecular weight excluding hydrogens is 204 g/mol. The molecule has 2 nitrogen and oxygen atoms in total. The molecule has 0 fully saturated rings. The van der Waals surface area contributed by atoms with Gasteiger partial charge < -0.3 is 5.32 Å². The fourth-order valence-corrected chi connectivity index (χ4v) is 1.96. The fourth-order valence-electron chi connectivity index (χ4n) is 1.31. The van der Waals surface area contributed by atoms with Gasteiger partial charge in [-0.25, -0.2) is 0 Å². The zero-order valence-electron chi connectivity index (χ0n) is 8.47. The van der Waals surface area contributed by atoms with Crippen LogP contribution < -0.4 is 5.32 Å². The molecule has 1 heterocycles. The van der Waals surface area contributed by atoms with Gasteiger partial charge >= 0.3 is 0 Å². The number of nitrogens with zero attached hydrogens (tertiary/aromatic N) is 1. The van der Waals surface area contributed by atoms with E-state index < -0.39 is 0 Å². The van der Waals surface area contributed by atoms with Crippen molar-refractivity contribution in [2.75, 3.05) is 12.4 Å². The number of anilines is 1. The molecule has 0 aliphatic heterocycles. The summed E-state index contributed by atoms with van der Waals surface area (Å²) in [7, 11) is 1.79. The van der Waals surface area contributed by atoms with Gasteiger partial charge in [0.05, 0.1) is 0 Å². The van der Waals surface area contributed by atoms with E-state index in [-0.39, 0.29) is 0 Å². The Hall–Kier alpha value is -1.61. The van der Waals surface area contributed by atoms with E-state index in [0.29, 0.717) is 0 Å². The number of amidine groups is 1. The Morgan fingerprint density at radius 2 is 2.00 bits per heavy atom. The van der Waals surface area contributed by atoms with Crippen molar-refractivity contribution in [2.24, 2.45) is 4.99 Å². The quantitative estimate of drug-likeness (QED) is 0.605. The van der Waals surface area contributed by atoms with E-state index in [9.17, 15) is 0 Å². The number of thiophene rings is 1. The Balaban J connectivity index is 2.18. The number of para-hydroxylation sites is 1. The summed E-state index contributed by atoms with van der Waals surface area (Å²) >= 11 is 1.67. The lowest BCUT2D eigenvalue weighted by molar-refractivity contribution is 1.41. The summed E-state index contributed by atoms with van der Waals surface area (Å²) in [5.74, 6) is 0.905. The maximum Gasteiger partial charge on any atom is 0.133 e. The van der Waals surface area contributed by atoms with Crippen molar-refractivity contribution < 1.29 is 0 Å². The van der Waals surface area contributed by atoms with Crippen LogP contribution in [0.2, 0.25) is 0 Å². The summed E-state index contributed by atoms with van der Waals surface area (Å²) in [5.41, 5.74) is 2.19. The SMILES string of the molecule is CN=C(Nc1ccccc1)c1ccsc1. The molecule has 0 radical (unpaired) electrons. The molecule has 2 aromatic rings. The lowest BCUT2D eigenvalue weighted by Gasteiger charge is -2.07. The second-order valence-corrected chi connectivity index (χ2v) is 3.86. The molecule has 2 rings (SSSR count). The number of nitrogens with one attached hydrogen (secondary N) is 1. The maximum absolute atomic E-state index is 4.24. The van der Waals surface area contributed by atoms with E-state index in [2.05, 4.69) is 21.8 Å². The van der Waals surface area contributed by atoms with Gasteiger partial charge in [0.1, 0.15) is 5.84 Å². The normalized spacial score (nSPS) is 11.4. The van der Waals surface area contributed by atoms with Crippen LogP contribution in [0.1, 0.15) is 5.56 Å². The van der Waals surface area contributed by atoms with E-state index in [1.165, 1.54) is 0 Å². The van der Waals surface area contributed by atoms with Gasteiger partial charge in [-0.15, -0.1) is 0 Å². The average molecular weight is 216 g/mol. The first-order valence-corrected chi connectivity index (χ1v) is 5.66. The molecule has 0 atom stereocenters. The number of aliphatic imine (C=N–C) groups is 1. The second kappa shape index (κ2) is 4.75. The smallest absolute Gasteiger partial charge is 0.133 e. The Labute approximate surface area is 93.3 Å². The third-order valence-electron chi connectivity index (χ3n) is 2.05. The summed E-state index contributed by atoms with van der Waals surface area (Å²) in [6.45, 7) is 0. The van der Waals surface area contributed by atoms with E-state index in [1.54, 1.807) is 18.4 Å². The van der Waals surface area contributed by atoms with Gasteiger partial charge in [0.25, 0.3) is 0 Å². The average Bonchev–Trinajstić information content (AvgIpc) is 2.81. The molecule has 15 heavy (non-hydrogen) atoms. The summed E-state index contributed by atoms with van der Waals surface area (Å²) in [5, 5.41) is 7.42. The van der Waals surface area contributed by atoms with Gasteiger partial charge in [0.2, 0.25) is 0 Å². The Bertz CT molecular complexity index is 432. The molecule has 0 aliphatic carbocycles. The van der Waals surface area contributed by atoms with Crippen molar-refractivity contribution in [1.82, 2.24) is 0 Å². The molecule has 0 aliphatic rings. The van der Waals surface area contributed by atoms with Crippen LogP contribution in [0.5, 0.6) is 0 Å². The largest absolute Gasteiger partial charge is 0.340 e. The topological polar surface area (TPSA) is 24.4 Å². The van der Waals surface area contributed by atoms with Crippen LogP contribution in [-0.4, -0.2) is 12.9 Å². The zero-order valence-corrected chi connectivity index (χ0v) is 9.29. The van der Waals surface area contributed by atoms with Crippen LogP contribution in [-0.2, 0) is 0 Å². The number of rotatable bonds is 2. The van der Waals surface area contributed by atoms with Crippen LogP contribution in [0.4, 0.5) is 5.69 Å². The summed E-state index contributed by atoms with van der Waals surface area (Å²) in [6, 6.07) is 12.1. The minimum atomic E-state index is 0.905. The van der Waals surface area contributed by atoms with Crippen molar-refractivity contribution >= 4 is 22.9 Å². The molecule has 1 aromatic carbocycles. The third-order valence-corrected chi connectivity index (χ3v) is 2.74. The summed E-state index contributed by atoms with van der Waals surface area (Å²) < 4.78 is 0. The maximum atomic E-state index is 4.24. The highest BCUT2D eigenvalue weighted by molar-refractivity contribution is 7.08. The van der Waals surface area contributed by atoms with E-state index >= 15 is 0 Å². The van der Waals surface area contributed by atoms with Gasteiger partial charge in [0.15, 0.2) is 0 Å². The Morgan fingerprint density at radius 3 is 2.60 bits per heavy atom. The first-order chi connectivity index (χ1) is 7.40. The van der Waals surface area contributed by atoms with Crippen molar-refractivity contribution in [3.63, 3.8) is 0 Å². The van der Waals surface area contributed by atoms with Crippen LogP contribution in [0.3, 0.4) is 0 Å². The fraction of sp³-hybridized carbons (Fsp3) is 0.0833. The monoisotopic (exact) mass is 216 g/mol. The molecule has 0 saturated carbocycles. The molecule has 3 heteroatoms. The van der Waals surface area contributed by atoms with Crippen LogP contribution >= 0.6 is 11.3 Å². The predicted molar refractivity (Wildman–Crippen MR) is 66.8 cm³/mol. The highest BCUT2D eigenvalue weighted by atomic mass is 32.1. The lowest BCUT2D eigenvalue weighted by atomic mass is 10.2. The molecule has 0 unspecified atom stereocenters. The Morgan fingerprint density at radius 1 is 1.20 bits per heavy atom. The third kappa shape index (κ3) is 2.44. The Kier molecular flexibility index (Phi) is 3.15. The van der Waals surface area contributed by atoms with E-state index in [1.807, 2.05) is 35.7 Å². The minimum Gasteiger partial charge on any atom is -0.340 e. The van der Waals surface area contributed by atoms with Gasteiger partial charge in [-0.1, -0.05) is 18.2 Å². The second-order valence-electron chi connectivity index (χ2n) is 3.08. The lowest BCUT2D eigenvalue weighted by Crippen LogP contribution is -2.12. The molecule has 76 valence electrons. The number of hydrogen-bond acceptors (Lipinski definition) is 2. The predicted octanol–water partition coefficient (Wildman–Crippen LogP) is 3.24. The van der Waals surface area contributed by atoms with Crippen LogP contribution in [0.25, 0.3) is 0 Å². The first-order valence-electron chi connectivity index (χ1n) is 4.71. The molecule has 0 amide bonds. The van der Waals surface area contributed by atoms with E-state index in [0.717, 1.165) is 17.1 Å². The molecule has 0 bridgehead atoms. The summed E-state index contributed by atoms with van der Waals surface area (Å²) in [6.07, 6.45) is 0. The van der Waals surface area contributed by atoms with Gasteiger partial charge in [-0.3, -0.25) is 4.99 Å². The highest BCUT2D eigenvalue weighted by Gasteiger charge is 2.02. The van der Waals surface area contributed by atoms with Crippen LogP contribution in [0, 0.1) is 0 Å². The zero-order chi connectivity index (χ0) is 10.5. The molecule has 1 aromatic heterocycles. The molecule has 0 spiro atoms. The van der Waals surface area contributed by atoms with E-state index in [4.69, 9.17) is 0 Å².